The third kappa shape index (κ3) is 5.93. The van der Waals surface area contributed by atoms with Crippen LogP contribution >= 0.6 is 11.6 Å². The van der Waals surface area contributed by atoms with Gasteiger partial charge in [0.25, 0.3) is 0 Å². The lowest BCUT2D eigenvalue weighted by atomic mass is 9.86. The van der Waals surface area contributed by atoms with Crippen molar-refractivity contribution in [1.82, 2.24) is 5.32 Å². The number of nitrogens with one attached hydrogen (secondary N) is 1. The van der Waals surface area contributed by atoms with E-state index in [4.69, 9.17) is 16.3 Å². The highest BCUT2D eigenvalue weighted by molar-refractivity contribution is 7.90. The molecular formula is C21H26ClNO5S. The molecule has 3 atom stereocenters. The van der Waals surface area contributed by atoms with E-state index in [1.807, 2.05) is 24.3 Å². The van der Waals surface area contributed by atoms with Crippen LogP contribution in [0.3, 0.4) is 0 Å². The average Bonchev–Trinajstić information content (AvgIpc) is 2.94. The van der Waals surface area contributed by atoms with E-state index in [2.05, 4.69) is 5.32 Å². The number of aliphatic hydroxyl groups excluding tert-OH is 2. The Morgan fingerprint density at radius 2 is 1.79 bits per heavy atom. The van der Waals surface area contributed by atoms with Crippen LogP contribution in [0.4, 0.5) is 0 Å². The van der Waals surface area contributed by atoms with Crippen LogP contribution in [0.15, 0.2) is 53.4 Å². The van der Waals surface area contributed by atoms with Crippen molar-refractivity contribution in [1.29, 1.82) is 0 Å². The summed E-state index contributed by atoms with van der Waals surface area (Å²) in [5, 5.41) is 24.2. The lowest BCUT2D eigenvalue weighted by Gasteiger charge is -2.29. The Bertz CT molecular complexity index is 922. The van der Waals surface area contributed by atoms with Gasteiger partial charge in [-0.05, 0) is 54.8 Å². The van der Waals surface area contributed by atoms with Crippen molar-refractivity contribution in [2.45, 2.75) is 36.5 Å². The van der Waals surface area contributed by atoms with E-state index in [9.17, 15) is 18.6 Å². The van der Waals surface area contributed by atoms with Crippen LogP contribution in [0, 0.1) is 5.41 Å². The van der Waals surface area contributed by atoms with Crippen molar-refractivity contribution in [3.63, 3.8) is 0 Å². The molecule has 6 nitrogen and oxygen atoms in total. The van der Waals surface area contributed by atoms with E-state index < -0.39 is 27.5 Å². The summed E-state index contributed by atoms with van der Waals surface area (Å²) in [7, 11) is -3.26. The van der Waals surface area contributed by atoms with Crippen LogP contribution in [0.1, 0.15) is 18.4 Å². The number of hydrogen-bond donors (Lipinski definition) is 3. The molecule has 0 amide bonds. The third-order valence-corrected chi connectivity index (χ3v) is 6.61. The predicted molar refractivity (Wildman–Crippen MR) is 112 cm³/mol. The zero-order valence-corrected chi connectivity index (χ0v) is 17.8. The lowest BCUT2D eigenvalue weighted by molar-refractivity contribution is 0.0438. The Morgan fingerprint density at radius 1 is 1.14 bits per heavy atom. The van der Waals surface area contributed by atoms with Gasteiger partial charge in [0.05, 0.1) is 23.7 Å². The second kappa shape index (κ2) is 9.02. The average molecular weight is 440 g/mol. The maximum Gasteiger partial charge on any atom is 0.175 e. The minimum atomic E-state index is -3.26. The van der Waals surface area contributed by atoms with Gasteiger partial charge in [0, 0.05) is 29.8 Å². The quantitative estimate of drug-likeness (QED) is 0.584. The number of halogens is 1. The summed E-state index contributed by atoms with van der Waals surface area (Å²) in [5.74, 6) is 0.544. The summed E-state index contributed by atoms with van der Waals surface area (Å²) in [4.78, 5) is 0.231. The van der Waals surface area contributed by atoms with Gasteiger partial charge in [-0.2, -0.15) is 0 Å². The topological polar surface area (TPSA) is 95.9 Å². The fraction of sp³-hybridized carbons (Fsp3) is 0.429. The summed E-state index contributed by atoms with van der Waals surface area (Å²) < 4.78 is 29.1. The van der Waals surface area contributed by atoms with Gasteiger partial charge in [0.2, 0.25) is 0 Å². The first-order chi connectivity index (χ1) is 13.7. The van der Waals surface area contributed by atoms with Gasteiger partial charge in [0.15, 0.2) is 9.84 Å². The molecule has 3 rings (SSSR count). The molecule has 0 saturated heterocycles. The van der Waals surface area contributed by atoms with Gasteiger partial charge in [-0.1, -0.05) is 23.7 Å². The molecule has 2 aromatic carbocycles. The molecule has 0 bridgehead atoms. The van der Waals surface area contributed by atoms with E-state index in [0.717, 1.165) is 11.8 Å². The number of benzene rings is 2. The number of rotatable bonds is 8. The summed E-state index contributed by atoms with van der Waals surface area (Å²) in [6.07, 6.45) is 0.402. The standard InChI is InChI=1S/C21H26ClNO5S/c1-29(26,27)18-7-5-17(6-8-18)28-14-21(10-19(24)20(25)11-21)13-23-12-15-3-2-4-16(22)9-15/h2-9,19-20,23-25H,10-14H2,1H3/t19-,20+,21?. The van der Waals surface area contributed by atoms with Crippen molar-refractivity contribution in [2.24, 2.45) is 5.41 Å². The molecule has 0 spiro atoms. The Kier molecular flexibility index (Phi) is 6.86. The molecule has 1 aliphatic rings. The first kappa shape index (κ1) is 22.1. The fourth-order valence-corrected chi connectivity index (χ4v) is 4.54. The van der Waals surface area contributed by atoms with Crippen LogP contribution in [0.2, 0.25) is 5.02 Å². The maximum absolute atomic E-state index is 11.6. The van der Waals surface area contributed by atoms with Crippen molar-refractivity contribution in [2.75, 3.05) is 19.4 Å². The molecule has 1 fully saturated rings. The van der Waals surface area contributed by atoms with Gasteiger partial charge >= 0.3 is 0 Å². The smallest absolute Gasteiger partial charge is 0.175 e. The molecule has 29 heavy (non-hydrogen) atoms. The summed E-state index contributed by atoms with van der Waals surface area (Å²) in [6.45, 7) is 1.45. The molecule has 1 saturated carbocycles. The number of hydrogen-bond acceptors (Lipinski definition) is 6. The first-order valence-corrected chi connectivity index (χ1v) is 11.7. The fourth-order valence-electron chi connectivity index (χ4n) is 3.69. The molecule has 0 aliphatic heterocycles. The van der Waals surface area contributed by atoms with E-state index in [1.54, 1.807) is 12.1 Å². The van der Waals surface area contributed by atoms with E-state index >= 15 is 0 Å². The van der Waals surface area contributed by atoms with Crippen LogP contribution in [-0.4, -0.2) is 50.2 Å². The van der Waals surface area contributed by atoms with Gasteiger partial charge in [0.1, 0.15) is 5.75 Å². The molecule has 8 heteroatoms. The normalized spacial score (nSPS) is 24.6. The first-order valence-electron chi connectivity index (χ1n) is 9.41. The Morgan fingerprint density at radius 3 is 2.38 bits per heavy atom. The second-order valence-electron chi connectivity index (χ2n) is 7.81. The molecule has 3 N–H and O–H groups in total. The molecule has 1 unspecified atom stereocenters. The molecule has 0 heterocycles. The molecule has 0 aromatic heterocycles. The molecule has 2 aromatic rings. The van der Waals surface area contributed by atoms with E-state index in [-0.39, 0.29) is 4.90 Å². The Hall–Kier alpha value is -1.64. The summed E-state index contributed by atoms with van der Waals surface area (Å²) in [5.41, 5.74) is 0.608. The molecule has 0 radical (unpaired) electrons. The largest absolute Gasteiger partial charge is 0.493 e. The van der Waals surface area contributed by atoms with Crippen LogP contribution < -0.4 is 10.1 Å². The zero-order valence-electron chi connectivity index (χ0n) is 16.2. The van der Waals surface area contributed by atoms with Crippen LogP contribution in [0.5, 0.6) is 5.75 Å². The molecular weight excluding hydrogens is 414 g/mol. The van der Waals surface area contributed by atoms with Crippen molar-refractivity contribution < 1.29 is 23.4 Å². The highest BCUT2D eigenvalue weighted by Crippen LogP contribution is 2.39. The predicted octanol–water partition coefficient (Wildman–Crippen LogP) is 2.41. The minimum absolute atomic E-state index is 0.231. The van der Waals surface area contributed by atoms with Gasteiger partial charge in [-0.3, -0.25) is 0 Å². The van der Waals surface area contributed by atoms with Gasteiger partial charge < -0.3 is 20.3 Å². The third-order valence-electron chi connectivity index (χ3n) is 5.24. The monoisotopic (exact) mass is 439 g/mol. The molecule has 158 valence electrons. The summed E-state index contributed by atoms with van der Waals surface area (Å²) >= 11 is 6.02. The number of ether oxygens (including phenoxy) is 1. The number of aliphatic hydroxyl groups is 2. The van der Waals surface area contributed by atoms with Crippen LogP contribution in [0.25, 0.3) is 0 Å². The van der Waals surface area contributed by atoms with E-state index in [0.29, 0.717) is 43.3 Å². The Balaban J connectivity index is 1.64. The molecule has 1 aliphatic carbocycles. The SMILES string of the molecule is CS(=O)(=O)c1ccc(OCC2(CNCc3cccc(Cl)c3)C[C@@H](O)[C@@H](O)C2)cc1. The number of sulfone groups is 1. The highest BCUT2D eigenvalue weighted by atomic mass is 35.5. The minimum Gasteiger partial charge on any atom is -0.493 e. The lowest BCUT2D eigenvalue weighted by Crippen LogP contribution is -2.37. The second-order valence-corrected chi connectivity index (χ2v) is 10.3. The van der Waals surface area contributed by atoms with E-state index in [1.165, 1.54) is 12.1 Å². The van der Waals surface area contributed by atoms with Gasteiger partial charge in [-0.25, -0.2) is 8.42 Å². The van der Waals surface area contributed by atoms with Crippen molar-refractivity contribution in [3.05, 3.63) is 59.1 Å². The zero-order chi connectivity index (χ0) is 21.1. The maximum atomic E-state index is 11.6. The van der Waals surface area contributed by atoms with Crippen molar-refractivity contribution >= 4 is 21.4 Å². The highest BCUT2D eigenvalue weighted by Gasteiger charge is 2.44. The summed E-state index contributed by atoms with van der Waals surface area (Å²) in [6, 6.07) is 13.8. The van der Waals surface area contributed by atoms with Gasteiger partial charge in [-0.15, -0.1) is 0 Å². The van der Waals surface area contributed by atoms with Crippen LogP contribution in [-0.2, 0) is 16.4 Å². The Labute approximate surface area is 176 Å². The van der Waals surface area contributed by atoms with Crippen molar-refractivity contribution in [3.8, 4) is 5.75 Å².